The summed E-state index contributed by atoms with van der Waals surface area (Å²) in [6.07, 6.45) is 0.0779. The van der Waals surface area contributed by atoms with Gasteiger partial charge in [0.25, 0.3) is 0 Å². The molecule has 5 nitrogen and oxygen atoms in total. The summed E-state index contributed by atoms with van der Waals surface area (Å²) in [7, 11) is 1.29. The van der Waals surface area contributed by atoms with Gasteiger partial charge in [0.2, 0.25) is 5.91 Å². The smallest absolute Gasteiger partial charge is 0.339 e. The number of methoxy groups -OCH3 is 1. The highest BCUT2D eigenvalue weighted by molar-refractivity contribution is 5.95. The SMILES string of the molecule is COC(=O)c1ccccc1NCCC(=O)Nc1ccc(F)c(F)c1. The first-order chi connectivity index (χ1) is 11.5. The predicted molar refractivity (Wildman–Crippen MR) is 85.9 cm³/mol. The fourth-order valence-electron chi connectivity index (χ4n) is 2.03. The molecule has 0 aromatic heterocycles. The van der Waals surface area contributed by atoms with E-state index >= 15 is 0 Å². The number of anilines is 2. The zero-order valence-electron chi connectivity index (χ0n) is 12.9. The molecule has 0 saturated heterocycles. The molecule has 0 fully saturated rings. The second-order valence-corrected chi connectivity index (χ2v) is 4.89. The summed E-state index contributed by atoms with van der Waals surface area (Å²) in [4.78, 5) is 23.4. The van der Waals surface area contributed by atoms with Gasteiger partial charge < -0.3 is 15.4 Å². The van der Waals surface area contributed by atoms with Crippen LogP contribution in [0.5, 0.6) is 0 Å². The minimum Gasteiger partial charge on any atom is -0.465 e. The topological polar surface area (TPSA) is 67.4 Å². The Morgan fingerprint density at radius 1 is 1.08 bits per heavy atom. The van der Waals surface area contributed by atoms with E-state index < -0.39 is 17.6 Å². The van der Waals surface area contributed by atoms with Gasteiger partial charge in [-0.15, -0.1) is 0 Å². The Hall–Kier alpha value is -2.96. The van der Waals surface area contributed by atoms with Gasteiger partial charge in [-0.3, -0.25) is 4.79 Å². The van der Waals surface area contributed by atoms with E-state index in [0.717, 1.165) is 12.1 Å². The largest absolute Gasteiger partial charge is 0.465 e. The Balaban J connectivity index is 1.89. The van der Waals surface area contributed by atoms with Gasteiger partial charge >= 0.3 is 5.97 Å². The molecular formula is C17H16F2N2O3. The van der Waals surface area contributed by atoms with E-state index in [9.17, 15) is 18.4 Å². The molecule has 2 N–H and O–H groups in total. The minimum absolute atomic E-state index is 0.0779. The average Bonchev–Trinajstić information content (AvgIpc) is 2.58. The number of benzene rings is 2. The molecule has 0 aliphatic carbocycles. The lowest BCUT2D eigenvalue weighted by Gasteiger charge is -2.11. The molecule has 24 heavy (non-hydrogen) atoms. The van der Waals surface area contributed by atoms with Gasteiger partial charge in [-0.2, -0.15) is 0 Å². The van der Waals surface area contributed by atoms with Gasteiger partial charge in [-0.05, 0) is 24.3 Å². The highest BCUT2D eigenvalue weighted by atomic mass is 19.2. The number of carbonyl (C=O) groups excluding carboxylic acids is 2. The summed E-state index contributed by atoms with van der Waals surface area (Å²) in [5.41, 5.74) is 1.08. The third-order valence-electron chi connectivity index (χ3n) is 3.20. The summed E-state index contributed by atoms with van der Waals surface area (Å²) >= 11 is 0. The lowest BCUT2D eigenvalue weighted by atomic mass is 10.1. The molecule has 0 radical (unpaired) electrons. The van der Waals surface area contributed by atoms with E-state index in [4.69, 9.17) is 0 Å². The average molecular weight is 334 g/mol. The van der Waals surface area contributed by atoms with E-state index in [-0.39, 0.29) is 24.6 Å². The Labute approximate surface area is 137 Å². The van der Waals surface area contributed by atoms with Crippen molar-refractivity contribution < 1.29 is 23.1 Å². The van der Waals surface area contributed by atoms with Crippen LogP contribution in [0.2, 0.25) is 0 Å². The molecule has 0 saturated carbocycles. The standard InChI is InChI=1S/C17H16F2N2O3/c1-24-17(23)12-4-2-3-5-15(12)20-9-8-16(22)21-11-6-7-13(18)14(19)10-11/h2-7,10,20H,8-9H2,1H3,(H,21,22). The second-order valence-electron chi connectivity index (χ2n) is 4.89. The first kappa shape index (κ1) is 17.4. The van der Waals surface area contributed by atoms with Crippen LogP contribution in [0.1, 0.15) is 16.8 Å². The van der Waals surface area contributed by atoms with Crippen LogP contribution in [0.15, 0.2) is 42.5 Å². The molecular weight excluding hydrogens is 318 g/mol. The number of amides is 1. The molecule has 0 aliphatic heterocycles. The molecule has 0 aliphatic rings. The zero-order valence-corrected chi connectivity index (χ0v) is 12.9. The number of esters is 1. The van der Waals surface area contributed by atoms with Crippen molar-refractivity contribution in [3.05, 3.63) is 59.7 Å². The number of para-hydroxylation sites is 1. The quantitative estimate of drug-likeness (QED) is 0.796. The van der Waals surface area contributed by atoms with Crippen molar-refractivity contribution in [3.8, 4) is 0 Å². The minimum atomic E-state index is -1.03. The number of halogens is 2. The monoisotopic (exact) mass is 334 g/mol. The summed E-state index contributed by atoms with van der Waals surface area (Å²) in [5.74, 6) is -2.86. The van der Waals surface area contributed by atoms with Crippen molar-refractivity contribution in [1.29, 1.82) is 0 Å². The van der Waals surface area contributed by atoms with Crippen LogP contribution in [0.3, 0.4) is 0 Å². The van der Waals surface area contributed by atoms with Crippen LogP contribution in [0.25, 0.3) is 0 Å². The van der Waals surface area contributed by atoms with Gasteiger partial charge in [0, 0.05) is 30.4 Å². The maximum Gasteiger partial charge on any atom is 0.339 e. The molecule has 7 heteroatoms. The number of nitrogens with one attached hydrogen (secondary N) is 2. The first-order valence-electron chi connectivity index (χ1n) is 7.17. The zero-order chi connectivity index (χ0) is 17.5. The molecule has 2 aromatic carbocycles. The fourth-order valence-corrected chi connectivity index (χ4v) is 2.03. The van der Waals surface area contributed by atoms with E-state index in [1.165, 1.54) is 13.2 Å². The third-order valence-corrected chi connectivity index (χ3v) is 3.20. The van der Waals surface area contributed by atoms with Crippen LogP contribution in [-0.2, 0) is 9.53 Å². The van der Waals surface area contributed by atoms with E-state index in [1.54, 1.807) is 24.3 Å². The van der Waals surface area contributed by atoms with Gasteiger partial charge in [-0.25, -0.2) is 13.6 Å². The Morgan fingerprint density at radius 3 is 2.54 bits per heavy atom. The van der Waals surface area contributed by atoms with Crippen LogP contribution in [0.4, 0.5) is 20.2 Å². The maximum absolute atomic E-state index is 13.1. The molecule has 1 amide bonds. The van der Waals surface area contributed by atoms with Gasteiger partial charge in [0.15, 0.2) is 11.6 Å². The maximum atomic E-state index is 13.1. The van der Waals surface area contributed by atoms with Crippen molar-refractivity contribution >= 4 is 23.3 Å². The number of rotatable bonds is 6. The van der Waals surface area contributed by atoms with Crippen molar-refractivity contribution in [2.45, 2.75) is 6.42 Å². The van der Waals surface area contributed by atoms with Gasteiger partial charge in [-0.1, -0.05) is 12.1 Å². The molecule has 0 bridgehead atoms. The number of carbonyl (C=O) groups is 2. The number of ether oxygens (including phenoxy) is 1. The number of hydrogen-bond acceptors (Lipinski definition) is 4. The second kappa shape index (κ2) is 8.05. The van der Waals surface area contributed by atoms with Crippen molar-refractivity contribution in [2.75, 3.05) is 24.3 Å². The van der Waals surface area contributed by atoms with E-state index in [1.807, 2.05) is 0 Å². The summed E-state index contributed by atoms with van der Waals surface area (Å²) < 4.78 is 30.6. The highest BCUT2D eigenvalue weighted by Gasteiger charge is 2.11. The number of hydrogen-bond donors (Lipinski definition) is 2. The molecule has 0 spiro atoms. The summed E-state index contributed by atoms with van der Waals surface area (Å²) in [5, 5.41) is 5.44. The Morgan fingerprint density at radius 2 is 1.83 bits per heavy atom. The highest BCUT2D eigenvalue weighted by Crippen LogP contribution is 2.16. The van der Waals surface area contributed by atoms with Gasteiger partial charge in [0.05, 0.1) is 12.7 Å². The van der Waals surface area contributed by atoms with Crippen LogP contribution >= 0.6 is 0 Å². The van der Waals surface area contributed by atoms with Crippen LogP contribution in [-0.4, -0.2) is 25.5 Å². The normalized spacial score (nSPS) is 10.1. The Bertz CT molecular complexity index is 750. The molecule has 2 aromatic rings. The van der Waals surface area contributed by atoms with Crippen LogP contribution in [0, 0.1) is 11.6 Å². The molecule has 126 valence electrons. The van der Waals surface area contributed by atoms with Crippen molar-refractivity contribution in [1.82, 2.24) is 0 Å². The Kier molecular flexibility index (Phi) is 5.83. The molecule has 0 atom stereocenters. The molecule has 0 unspecified atom stereocenters. The lowest BCUT2D eigenvalue weighted by Crippen LogP contribution is -2.17. The third kappa shape index (κ3) is 4.52. The summed E-state index contributed by atoms with van der Waals surface area (Å²) in [6.45, 7) is 0.253. The van der Waals surface area contributed by atoms with Crippen molar-refractivity contribution in [2.24, 2.45) is 0 Å². The predicted octanol–water partition coefficient (Wildman–Crippen LogP) is 3.19. The first-order valence-corrected chi connectivity index (χ1v) is 7.17. The molecule has 2 rings (SSSR count). The van der Waals surface area contributed by atoms with Gasteiger partial charge in [0.1, 0.15) is 0 Å². The molecule has 0 heterocycles. The van der Waals surface area contributed by atoms with E-state index in [0.29, 0.717) is 11.3 Å². The van der Waals surface area contributed by atoms with E-state index in [2.05, 4.69) is 15.4 Å². The van der Waals surface area contributed by atoms with Crippen LogP contribution < -0.4 is 10.6 Å². The van der Waals surface area contributed by atoms with Crippen molar-refractivity contribution in [3.63, 3.8) is 0 Å². The summed E-state index contributed by atoms with van der Waals surface area (Å²) in [6, 6.07) is 9.87. The fraction of sp³-hybridized carbons (Fsp3) is 0.176. The lowest BCUT2D eigenvalue weighted by molar-refractivity contribution is -0.115.